The predicted octanol–water partition coefficient (Wildman–Crippen LogP) is 3.06. The van der Waals surface area contributed by atoms with Crippen molar-refractivity contribution in [1.29, 1.82) is 0 Å². The van der Waals surface area contributed by atoms with Gasteiger partial charge in [0, 0.05) is 28.7 Å². The normalized spacial score (nSPS) is 10.3. The fraction of sp³-hybridized carbons (Fsp3) is 0.125. The van der Waals surface area contributed by atoms with E-state index in [1.807, 2.05) is 31.2 Å². The minimum atomic E-state index is -1.24. The van der Waals surface area contributed by atoms with Gasteiger partial charge in [0.2, 0.25) is 0 Å². The highest BCUT2D eigenvalue weighted by Gasteiger charge is 2.11. The molecule has 0 atom stereocenters. The molecule has 2 aromatic carbocycles. The summed E-state index contributed by atoms with van der Waals surface area (Å²) in [6.45, 7) is 1.80. The average Bonchev–Trinajstić information content (AvgIpc) is 2.49. The molecule has 2 aromatic rings. The second-order valence-corrected chi connectivity index (χ2v) is 5.62. The molecular weight excluding hydrogens is 318 g/mol. The number of hydrogen-bond acceptors (Lipinski definition) is 5. The van der Waals surface area contributed by atoms with Crippen LogP contribution in [0, 0.1) is 6.92 Å². The van der Waals surface area contributed by atoms with Gasteiger partial charge in [-0.15, -0.1) is 0 Å². The molecule has 0 bridgehead atoms. The summed E-state index contributed by atoms with van der Waals surface area (Å²) in [6.07, 6.45) is 0. The van der Waals surface area contributed by atoms with Crippen molar-refractivity contribution >= 4 is 29.6 Å². The van der Waals surface area contributed by atoms with Crippen molar-refractivity contribution in [1.82, 2.24) is 0 Å². The highest BCUT2D eigenvalue weighted by Crippen LogP contribution is 2.22. The van der Waals surface area contributed by atoms with Crippen LogP contribution >= 0.6 is 12.0 Å². The molecular formula is C16H15NO5S. The van der Waals surface area contributed by atoms with Crippen LogP contribution in [0.1, 0.15) is 15.9 Å². The van der Waals surface area contributed by atoms with Gasteiger partial charge in [-0.25, -0.2) is 4.79 Å². The lowest BCUT2D eigenvalue weighted by molar-refractivity contribution is -0.117. The number of aromatic hydroxyl groups is 1. The minimum absolute atomic E-state index is 0.181. The predicted molar refractivity (Wildman–Crippen MR) is 86.7 cm³/mol. The lowest BCUT2D eigenvalue weighted by Gasteiger charge is -2.07. The third kappa shape index (κ3) is 5.01. The fourth-order valence-electron chi connectivity index (χ4n) is 1.73. The molecule has 1 amide bonds. The van der Waals surface area contributed by atoms with Crippen LogP contribution in [-0.4, -0.2) is 28.7 Å². The number of aromatic carboxylic acids is 1. The maximum atomic E-state index is 11.7. The van der Waals surface area contributed by atoms with Crippen molar-refractivity contribution in [2.45, 2.75) is 11.8 Å². The Balaban J connectivity index is 1.84. The van der Waals surface area contributed by atoms with E-state index in [0.29, 0.717) is 5.69 Å². The van der Waals surface area contributed by atoms with Gasteiger partial charge in [-0.2, -0.15) is 0 Å². The molecule has 0 saturated carbocycles. The largest absolute Gasteiger partial charge is 0.507 e. The van der Waals surface area contributed by atoms with Crippen LogP contribution in [0.15, 0.2) is 47.4 Å². The number of aryl methyl sites for hydroxylation is 1. The number of rotatable bonds is 6. The summed E-state index contributed by atoms with van der Waals surface area (Å²) < 4.78 is 5.23. The van der Waals surface area contributed by atoms with Crippen LogP contribution in [0.2, 0.25) is 0 Å². The summed E-state index contributed by atoms with van der Waals surface area (Å²) in [5.41, 5.74) is 1.20. The van der Waals surface area contributed by atoms with Gasteiger partial charge in [-0.1, -0.05) is 17.7 Å². The molecule has 2 rings (SSSR count). The third-order valence-corrected chi connectivity index (χ3v) is 3.58. The molecule has 6 nitrogen and oxygen atoms in total. The molecule has 0 radical (unpaired) electrons. The second-order valence-electron chi connectivity index (χ2n) is 4.74. The van der Waals surface area contributed by atoms with Gasteiger partial charge in [0.1, 0.15) is 17.9 Å². The Morgan fingerprint density at radius 3 is 2.48 bits per heavy atom. The van der Waals surface area contributed by atoms with Gasteiger partial charge < -0.3 is 19.7 Å². The first-order chi connectivity index (χ1) is 11.0. The zero-order valence-corrected chi connectivity index (χ0v) is 13.1. The van der Waals surface area contributed by atoms with Gasteiger partial charge in [0.25, 0.3) is 5.91 Å². The van der Waals surface area contributed by atoms with Crippen molar-refractivity contribution in [3.8, 4) is 5.75 Å². The SMILES string of the molecule is Cc1ccc(SOCC(=O)Nc2ccc(C(=O)O)c(O)c2)cc1. The maximum Gasteiger partial charge on any atom is 0.339 e. The van der Waals surface area contributed by atoms with Crippen LogP contribution in [-0.2, 0) is 8.98 Å². The molecule has 0 heterocycles. The Kier molecular flexibility index (Phi) is 5.61. The van der Waals surface area contributed by atoms with E-state index in [1.165, 1.54) is 18.2 Å². The summed E-state index contributed by atoms with van der Waals surface area (Å²) in [7, 11) is 0. The number of carboxylic acid groups (broad SMARTS) is 1. The average molecular weight is 333 g/mol. The molecule has 7 heteroatoms. The zero-order chi connectivity index (χ0) is 16.8. The van der Waals surface area contributed by atoms with Crippen LogP contribution in [0.25, 0.3) is 0 Å². The molecule has 0 unspecified atom stereocenters. The summed E-state index contributed by atoms with van der Waals surface area (Å²) >= 11 is 1.09. The second kappa shape index (κ2) is 7.66. The highest BCUT2D eigenvalue weighted by atomic mass is 32.2. The lowest BCUT2D eigenvalue weighted by Crippen LogP contribution is -2.16. The minimum Gasteiger partial charge on any atom is -0.507 e. The maximum absolute atomic E-state index is 11.7. The topological polar surface area (TPSA) is 95.9 Å². The number of carbonyl (C=O) groups excluding carboxylic acids is 1. The lowest BCUT2D eigenvalue weighted by atomic mass is 10.2. The van der Waals surface area contributed by atoms with Crippen LogP contribution < -0.4 is 5.32 Å². The molecule has 0 fully saturated rings. The Morgan fingerprint density at radius 1 is 1.17 bits per heavy atom. The molecule has 0 aromatic heterocycles. The van der Waals surface area contributed by atoms with Gasteiger partial charge >= 0.3 is 5.97 Å². The monoisotopic (exact) mass is 333 g/mol. The first kappa shape index (κ1) is 16.9. The Bertz CT molecular complexity index is 715. The first-order valence-corrected chi connectivity index (χ1v) is 7.42. The van der Waals surface area contributed by atoms with E-state index in [1.54, 1.807) is 0 Å². The van der Waals surface area contributed by atoms with Gasteiger partial charge in [0.15, 0.2) is 0 Å². The number of hydrogen-bond donors (Lipinski definition) is 3. The molecule has 0 saturated heterocycles. The van der Waals surface area contributed by atoms with E-state index >= 15 is 0 Å². The molecule has 0 aliphatic carbocycles. The standard InChI is InChI=1S/C16H15NO5S/c1-10-2-5-12(6-3-10)23-22-9-15(19)17-11-4-7-13(16(20)21)14(18)8-11/h2-8,18H,9H2,1H3,(H,17,19)(H,20,21). The fourth-order valence-corrected chi connectivity index (χ4v) is 2.28. The van der Waals surface area contributed by atoms with Crippen molar-refractivity contribution in [3.05, 3.63) is 53.6 Å². The van der Waals surface area contributed by atoms with Crippen LogP contribution in [0.3, 0.4) is 0 Å². The Labute approximate surface area is 137 Å². The van der Waals surface area contributed by atoms with Crippen molar-refractivity contribution < 1.29 is 24.0 Å². The molecule has 3 N–H and O–H groups in total. The number of carbonyl (C=O) groups is 2. The van der Waals surface area contributed by atoms with Gasteiger partial charge in [-0.05, 0) is 31.2 Å². The molecule has 0 spiro atoms. The van der Waals surface area contributed by atoms with Crippen molar-refractivity contribution in [3.63, 3.8) is 0 Å². The number of amides is 1. The van der Waals surface area contributed by atoms with E-state index in [0.717, 1.165) is 22.5 Å². The Hall–Kier alpha value is -2.51. The van der Waals surface area contributed by atoms with Crippen LogP contribution in [0.4, 0.5) is 5.69 Å². The number of benzene rings is 2. The summed E-state index contributed by atoms with van der Waals surface area (Å²) in [5, 5.41) is 20.9. The third-order valence-electron chi connectivity index (χ3n) is 2.88. The van der Waals surface area contributed by atoms with Gasteiger partial charge in [-0.3, -0.25) is 4.79 Å². The zero-order valence-electron chi connectivity index (χ0n) is 12.3. The smallest absolute Gasteiger partial charge is 0.339 e. The number of nitrogens with one attached hydrogen (secondary N) is 1. The molecule has 23 heavy (non-hydrogen) atoms. The summed E-state index contributed by atoms with van der Waals surface area (Å²) in [5.74, 6) is -2.06. The first-order valence-electron chi connectivity index (χ1n) is 6.68. The van der Waals surface area contributed by atoms with Crippen molar-refractivity contribution in [2.24, 2.45) is 0 Å². The molecule has 0 aliphatic heterocycles. The van der Waals surface area contributed by atoms with E-state index in [-0.39, 0.29) is 12.2 Å². The van der Waals surface area contributed by atoms with Gasteiger partial charge in [0.05, 0.1) is 0 Å². The van der Waals surface area contributed by atoms with E-state index in [4.69, 9.17) is 9.29 Å². The highest BCUT2D eigenvalue weighted by molar-refractivity contribution is 7.94. The molecule has 0 aliphatic rings. The van der Waals surface area contributed by atoms with E-state index in [2.05, 4.69) is 5.32 Å². The van der Waals surface area contributed by atoms with Crippen molar-refractivity contribution in [2.75, 3.05) is 11.9 Å². The summed E-state index contributed by atoms with van der Waals surface area (Å²) in [6, 6.07) is 11.5. The Morgan fingerprint density at radius 2 is 1.87 bits per heavy atom. The van der Waals surface area contributed by atoms with Crippen LogP contribution in [0.5, 0.6) is 5.75 Å². The number of carboxylic acids is 1. The quantitative estimate of drug-likeness (QED) is 0.703. The van der Waals surface area contributed by atoms with E-state index in [9.17, 15) is 14.7 Å². The summed E-state index contributed by atoms with van der Waals surface area (Å²) in [4.78, 5) is 23.4. The van der Waals surface area contributed by atoms with E-state index < -0.39 is 17.6 Å². The number of anilines is 1. The number of phenols is 1. The molecule has 120 valence electrons.